The Morgan fingerprint density at radius 3 is 2.78 bits per heavy atom. The highest BCUT2D eigenvalue weighted by atomic mass is 32.2. The van der Waals surface area contributed by atoms with E-state index in [1.165, 1.54) is 5.56 Å². The summed E-state index contributed by atoms with van der Waals surface area (Å²) in [5.74, 6) is 1.55. The van der Waals surface area contributed by atoms with Crippen molar-refractivity contribution in [1.82, 2.24) is 0 Å². The summed E-state index contributed by atoms with van der Waals surface area (Å²) in [5.41, 5.74) is 2.28. The van der Waals surface area contributed by atoms with E-state index in [4.69, 9.17) is 4.74 Å². The molecule has 0 aromatic heterocycles. The van der Waals surface area contributed by atoms with Crippen LogP contribution in [0, 0.1) is 12.8 Å². The minimum atomic E-state index is 0.603. The molecule has 1 aliphatic heterocycles. The molecule has 0 spiro atoms. The van der Waals surface area contributed by atoms with Crippen LogP contribution in [-0.2, 0) is 0 Å². The van der Waals surface area contributed by atoms with Gasteiger partial charge < -0.3 is 10.1 Å². The number of nitrogens with zero attached hydrogens (tertiary/aromatic N) is 1. The van der Waals surface area contributed by atoms with Crippen LogP contribution in [0.5, 0.6) is 5.75 Å². The Morgan fingerprint density at radius 1 is 1.44 bits per heavy atom. The van der Waals surface area contributed by atoms with Gasteiger partial charge in [0.2, 0.25) is 0 Å². The molecule has 1 N–H and O–H groups in total. The van der Waals surface area contributed by atoms with Crippen LogP contribution >= 0.6 is 11.8 Å². The molecular weight excluding hydrogens is 244 g/mol. The second-order valence-corrected chi connectivity index (χ2v) is 6.08. The molecule has 0 fully saturated rings. The molecule has 4 heteroatoms. The number of amidine groups is 1. The zero-order valence-electron chi connectivity index (χ0n) is 11.4. The zero-order valence-corrected chi connectivity index (χ0v) is 12.2. The van der Waals surface area contributed by atoms with Crippen LogP contribution in [0.15, 0.2) is 23.2 Å². The first kappa shape index (κ1) is 13.3. The molecule has 18 heavy (non-hydrogen) atoms. The van der Waals surface area contributed by atoms with Crippen molar-refractivity contribution in [3.05, 3.63) is 23.8 Å². The Hall–Kier alpha value is -1.16. The van der Waals surface area contributed by atoms with Crippen molar-refractivity contribution in [2.75, 3.05) is 19.0 Å². The molecule has 1 aromatic rings. The summed E-state index contributed by atoms with van der Waals surface area (Å²) < 4.78 is 5.21. The smallest absolute Gasteiger partial charge is 0.161 e. The second kappa shape index (κ2) is 5.65. The first-order valence-corrected chi connectivity index (χ1v) is 7.11. The average Bonchev–Trinajstić information content (AvgIpc) is 2.80. The van der Waals surface area contributed by atoms with E-state index in [0.717, 1.165) is 23.1 Å². The van der Waals surface area contributed by atoms with Crippen LogP contribution in [0.25, 0.3) is 0 Å². The molecule has 1 aromatic carbocycles. The molecule has 0 radical (unpaired) electrons. The van der Waals surface area contributed by atoms with Gasteiger partial charge in [0.05, 0.1) is 13.7 Å². The summed E-state index contributed by atoms with van der Waals surface area (Å²) in [6.07, 6.45) is 0. The quantitative estimate of drug-likeness (QED) is 0.906. The standard InChI is InChI=1S/C14H20N2OS/c1-9(2)13-8-15-14(18-13)16-12-6-5-11(17-4)7-10(12)3/h5-7,9,13H,8H2,1-4H3,(H,15,16). The van der Waals surface area contributed by atoms with E-state index < -0.39 is 0 Å². The topological polar surface area (TPSA) is 33.6 Å². The van der Waals surface area contributed by atoms with Crippen LogP contribution in [0.2, 0.25) is 0 Å². The fourth-order valence-corrected chi connectivity index (χ4v) is 2.85. The highest BCUT2D eigenvalue weighted by Gasteiger charge is 2.22. The number of nitrogens with one attached hydrogen (secondary N) is 1. The number of aryl methyl sites for hydroxylation is 1. The van der Waals surface area contributed by atoms with Crippen molar-refractivity contribution >= 4 is 22.6 Å². The molecule has 3 nitrogen and oxygen atoms in total. The average molecular weight is 264 g/mol. The Kier molecular flexibility index (Phi) is 4.17. The Morgan fingerprint density at radius 2 is 2.22 bits per heavy atom. The van der Waals surface area contributed by atoms with Crippen LogP contribution in [0.3, 0.4) is 0 Å². The minimum Gasteiger partial charge on any atom is -0.497 e. The molecule has 1 unspecified atom stereocenters. The predicted octanol–water partition coefficient (Wildman–Crippen LogP) is 3.54. The number of hydrogen-bond acceptors (Lipinski definition) is 4. The summed E-state index contributed by atoms with van der Waals surface area (Å²) in [5, 5.41) is 5.04. The number of rotatable bonds is 3. The third-order valence-corrected chi connectivity index (χ3v) is 4.55. The predicted molar refractivity (Wildman–Crippen MR) is 79.9 cm³/mol. The lowest BCUT2D eigenvalue weighted by Crippen LogP contribution is -2.13. The van der Waals surface area contributed by atoms with E-state index in [-0.39, 0.29) is 0 Å². The van der Waals surface area contributed by atoms with Gasteiger partial charge in [0.1, 0.15) is 5.75 Å². The fraction of sp³-hybridized carbons (Fsp3) is 0.500. The lowest BCUT2D eigenvalue weighted by atomic mass is 10.1. The molecule has 98 valence electrons. The summed E-state index contributed by atoms with van der Waals surface area (Å²) in [6, 6.07) is 6.04. The molecule has 0 saturated heterocycles. The summed E-state index contributed by atoms with van der Waals surface area (Å²) >= 11 is 1.84. The molecule has 0 bridgehead atoms. The maximum atomic E-state index is 5.21. The third kappa shape index (κ3) is 2.99. The maximum absolute atomic E-state index is 5.21. The first-order valence-electron chi connectivity index (χ1n) is 6.23. The number of benzene rings is 1. The van der Waals surface area contributed by atoms with Gasteiger partial charge in [0.25, 0.3) is 0 Å². The van der Waals surface area contributed by atoms with Crippen molar-refractivity contribution in [2.45, 2.75) is 26.0 Å². The minimum absolute atomic E-state index is 0.603. The number of hydrogen-bond donors (Lipinski definition) is 1. The van der Waals surface area contributed by atoms with Gasteiger partial charge in [0, 0.05) is 10.9 Å². The van der Waals surface area contributed by atoms with Gasteiger partial charge in [-0.2, -0.15) is 0 Å². The number of thioether (sulfide) groups is 1. The van der Waals surface area contributed by atoms with Crippen LogP contribution < -0.4 is 10.1 Å². The third-order valence-electron chi connectivity index (χ3n) is 3.10. The molecule has 1 heterocycles. The zero-order chi connectivity index (χ0) is 13.1. The Bertz CT molecular complexity index is 457. The van der Waals surface area contributed by atoms with Gasteiger partial charge in [-0.1, -0.05) is 25.6 Å². The van der Waals surface area contributed by atoms with Crippen molar-refractivity contribution in [3.63, 3.8) is 0 Å². The Labute approximate surface area is 113 Å². The molecule has 0 aliphatic carbocycles. The van der Waals surface area contributed by atoms with Gasteiger partial charge in [-0.05, 0) is 36.6 Å². The SMILES string of the molecule is COc1ccc(NC2=NCC(C(C)C)S2)c(C)c1. The monoisotopic (exact) mass is 264 g/mol. The highest BCUT2D eigenvalue weighted by molar-refractivity contribution is 8.15. The molecule has 2 rings (SSSR count). The van der Waals surface area contributed by atoms with Gasteiger partial charge in [-0.25, -0.2) is 0 Å². The summed E-state index contributed by atoms with van der Waals surface area (Å²) in [7, 11) is 1.69. The van der Waals surface area contributed by atoms with Crippen molar-refractivity contribution in [2.24, 2.45) is 10.9 Å². The van der Waals surface area contributed by atoms with Crippen LogP contribution in [-0.4, -0.2) is 24.1 Å². The van der Waals surface area contributed by atoms with E-state index >= 15 is 0 Å². The van der Waals surface area contributed by atoms with Gasteiger partial charge >= 0.3 is 0 Å². The lowest BCUT2D eigenvalue weighted by Gasteiger charge is -2.13. The molecular formula is C14H20N2OS. The molecule has 1 aliphatic rings. The van der Waals surface area contributed by atoms with Gasteiger partial charge in [-0.15, -0.1) is 0 Å². The molecule has 0 saturated carbocycles. The lowest BCUT2D eigenvalue weighted by molar-refractivity contribution is 0.414. The van der Waals surface area contributed by atoms with E-state index in [0.29, 0.717) is 11.2 Å². The van der Waals surface area contributed by atoms with E-state index in [1.54, 1.807) is 7.11 Å². The Balaban J connectivity index is 2.03. The van der Waals surface area contributed by atoms with Crippen LogP contribution in [0.4, 0.5) is 5.69 Å². The molecule has 0 amide bonds. The number of aliphatic imine (C=N–C) groups is 1. The highest BCUT2D eigenvalue weighted by Crippen LogP contribution is 2.29. The largest absolute Gasteiger partial charge is 0.497 e. The number of methoxy groups -OCH3 is 1. The maximum Gasteiger partial charge on any atom is 0.161 e. The van der Waals surface area contributed by atoms with Gasteiger partial charge in [0.15, 0.2) is 5.17 Å². The first-order chi connectivity index (χ1) is 8.60. The van der Waals surface area contributed by atoms with E-state index in [2.05, 4.69) is 31.1 Å². The molecule has 1 atom stereocenters. The van der Waals surface area contributed by atoms with Gasteiger partial charge in [-0.3, -0.25) is 4.99 Å². The normalized spacial score (nSPS) is 18.9. The number of ether oxygens (including phenoxy) is 1. The van der Waals surface area contributed by atoms with Crippen molar-refractivity contribution < 1.29 is 4.74 Å². The van der Waals surface area contributed by atoms with Crippen LogP contribution in [0.1, 0.15) is 19.4 Å². The fourth-order valence-electron chi connectivity index (χ4n) is 1.83. The van der Waals surface area contributed by atoms with E-state index in [1.807, 2.05) is 30.0 Å². The second-order valence-electron chi connectivity index (χ2n) is 4.85. The van der Waals surface area contributed by atoms with Crippen molar-refractivity contribution in [3.8, 4) is 5.75 Å². The van der Waals surface area contributed by atoms with Crippen molar-refractivity contribution in [1.29, 1.82) is 0 Å². The summed E-state index contributed by atoms with van der Waals surface area (Å²) in [4.78, 5) is 4.55. The summed E-state index contributed by atoms with van der Waals surface area (Å²) in [6.45, 7) is 7.48. The number of anilines is 1. The van der Waals surface area contributed by atoms with E-state index in [9.17, 15) is 0 Å².